The number of nitrogen functional groups attached to an aromatic ring is 3. The van der Waals surface area contributed by atoms with Gasteiger partial charge in [0.2, 0.25) is 23.9 Å². The first-order valence-corrected chi connectivity index (χ1v) is 6.72. The number of hydrogen-bond acceptors (Lipinski definition) is 13. The Labute approximate surface area is 145 Å². The van der Waals surface area contributed by atoms with Gasteiger partial charge in [-0.15, -0.1) is 0 Å². The van der Waals surface area contributed by atoms with E-state index in [4.69, 9.17) is 45.6 Å². The molecule has 0 aliphatic rings. The van der Waals surface area contributed by atoms with Crippen LogP contribution in [0.2, 0.25) is 0 Å². The molecule has 13 heteroatoms. The van der Waals surface area contributed by atoms with Gasteiger partial charge in [-0.25, -0.2) is 0 Å². The molecule has 1 rings (SSSR count). The summed E-state index contributed by atoms with van der Waals surface area (Å²) < 4.78 is 29.9. The Morgan fingerprint density at radius 2 is 0.840 bits per heavy atom. The van der Waals surface area contributed by atoms with Gasteiger partial charge in [-0.3, -0.25) is 0 Å². The summed E-state index contributed by atoms with van der Waals surface area (Å²) in [5.74, 6) is -3.37. The van der Waals surface area contributed by atoms with E-state index >= 15 is 0 Å². The van der Waals surface area contributed by atoms with Crippen LogP contribution in [0.1, 0.15) is 0 Å². The van der Waals surface area contributed by atoms with Crippen molar-refractivity contribution in [3.05, 3.63) is 0 Å². The number of ether oxygens (including phenoxy) is 6. The minimum absolute atomic E-state index is 0.0417. The lowest BCUT2D eigenvalue weighted by Crippen LogP contribution is -2.62. The highest BCUT2D eigenvalue weighted by Crippen LogP contribution is 2.29. The molecule has 0 aliphatic heterocycles. The molecule has 0 saturated heterocycles. The monoisotopic (exact) mass is 366 g/mol. The van der Waals surface area contributed by atoms with Crippen LogP contribution < -0.4 is 17.2 Å². The Hall–Kier alpha value is -1.87. The average Bonchev–Trinajstić information content (AvgIpc) is 2.58. The molecule has 0 fully saturated rings. The molecule has 7 N–H and O–H groups in total. The number of nitrogens with zero attached hydrogens (tertiary/aromatic N) is 3. The maximum absolute atomic E-state index is 10.1. The number of aliphatic hydroxyl groups is 1. The smallest absolute Gasteiger partial charge is 0.318 e. The lowest BCUT2D eigenvalue weighted by molar-refractivity contribution is -0.477. The second kappa shape index (κ2) is 10.2. The summed E-state index contributed by atoms with van der Waals surface area (Å²) in [6, 6.07) is 0. The second-order valence-electron chi connectivity index (χ2n) is 4.24. The summed E-state index contributed by atoms with van der Waals surface area (Å²) in [6.45, 7) is 0. The molecular weight excluding hydrogens is 340 g/mol. The van der Waals surface area contributed by atoms with Gasteiger partial charge < -0.3 is 50.7 Å². The third-order valence-corrected chi connectivity index (χ3v) is 3.06. The number of rotatable bonds is 8. The van der Waals surface area contributed by atoms with Crippen molar-refractivity contribution in [1.82, 2.24) is 15.0 Å². The van der Waals surface area contributed by atoms with Crippen LogP contribution in [0.3, 0.4) is 0 Å². The lowest BCUT2D eigenvalue weighted by Gasteiger charge is -2.41. The highest BCUT2D eigenvalue weighted by molar-refractivity contribution is 5.33. The standard InChI is InChI=1S/C9H20O7.C3H6N6/c1-11-8(12-2,13-3)7(10)9(14-4,15-5)16-6;4-1-7-2(5)9-3(6)8-1/h7,10H,1-6H3;(H6,4,5,6,7,8,9). The topological polar surface area (TPSA) is 192 Å². The molecule has 0 radical (unpaired) electrons. The van der Waals surface area contributed by atoms with Gasteiger partial charge in [0, 0.05) is 42.7 Å². The van der Waals surface area contributed by atoms with Crippen molar-refractivity contribution < 1.29 is 33.5 Å². The van der Waals surface area contributed by atoms with E-state index in [0.717, 1.165) is 0 Å². The molecule has 0 saturated carbocycles. The molecule has 0 unspecified atom stereocenters. The van der Waals surface area contributed by atoms with Crippen molar-refractivity contribution in [2.45, 2.75) is 18.1 Å². The van der Waals surface area contributed by atoms with E-state index in [1.54, 1.807) is 0 Å². The molecule has 0 atom stereocenters. The molecule has 0 aliphatic carbocycles. The van der Waals surface area contributed by atoms with Crippen LogP contribution in [0.25, 0.3) is 0 Å². The first-order valence-electron chi connectivity index (χ1n) is 6.72. The van der Waals surface area contributed by atoms with Gasteiger partial charge in [0.15, 0.2) is 0 Å². The summed E-state index contributed by atoms with van der Waals surface area (Å²) >= 11 is 0. The normalized spacial score (nSPS) is 12.0. The van der Waals surface area contributed by atoms with Crippen LogP contribution in [-0.4, -0.2) is 80.8 Å². The Kier molecular flexibility index (Phi) is 9.43. The van der Waals surface area contributed by atoms with Gasteiger partial charge >= 0.3 is 11.9 Å². The first-order chi connectivity index (χ1) is 11.7. The van der Waals surface area contributed by atoms with E-state index in [1.807, 2.05) is 0 Å². The summed E-state index contributed by atoms with van der Waals surface area (Å²) in [5, 5.41) is 10.1. The summed E-state index contributed by atoms with van der Waals surface area (Å²) in [7, 11) is 7.85. The SMILES string of the molecule is COC(OC)(OC)C(O)C(OC)(OC)OC.Nc1nc(N)nc(N)n1. The maximum Gasteiger partial charge on any atom is 0.318 e. The van der Waals surface area contributed by atoms with E-state index in [-0.39, 0.29) is 17.8 Å². The predicted octanol–water partition coefficient (Wildman–Crippen LogP) is -1.85. The van der Waals surface area contributed by atoms with Gasteiger partial charge in [0.05, 0.1) is 0 Å². The van der Waals surface area contributed by atoms with Crippen LogP contribution >= 0.6 is 0 Å². The first kappa shape index (κ1) is 23.1. The Bertz CT molecular complexity index is 426. The molecule has 0 amide bonds. The number of aliphatic hydroxyl groups excluding tert-OH is 1. The average molecular weight is 366 g/mol. The molecule has 146 valence electrons. The molecule has 0 spiro atoms. The number of aromatic nitrogens is 3. The van der Waals surface area contributed by atoms with Gasteiger partial charge in [0.1, 0.15) is 0 Å². The zero-order chi connectivity index (χ0) is 19.7. The third kappa shape index (κ3) is 5.57. The zero-order valence-corrected chi connectivity index (χ0v) is 15.0. The van der Waals surface area contributed by atoms with Crippen molar-refractivity contribution in [2.75, 3.05) is 59.9 Å². The number of methoxy groups -OCH3 is 6. The summed E-state index contributed by atoms with van der Waals surface area (Å²) in [4.78, 5) is 10.5. The fraction of sp³-hybridized carbons (Fsp3) is 0.750. The van der Waals surface area contributed by atoms with Gasteiger partial charge in [-0.1, -0.05) is 0 Å². The highest BCUT2D eigenvalue weighted by Gasteiger charge is 2.55. The number of nitrogens with two attached hydrogens (primary N) is 3. The van der Waals surface area contributed by atoms with Crippen molar-refractivity contribution >= 4 is 17.8 Å². The molecule has 1 aromatic heterocycles. The van der Waals surface area contributed by atoms with Gasteiger partial charge in [-0.2, -0.15) is 15.0 Å². The minimum atomic E-state index is -1.75. The maximum atomic E-state index is 10.1. The number of hydrogen-bond donors (Lipinski definition) is 4. The van der Waals surface area contributed by atoms with Gasteiger partial charge in [-0.05, 0) is 0 Å². The Balaban J connectivity index is 0.000000535. The van der Waals surface area contributed by atoms with E-state index in [0.29, 0.717) is 0 Å². The van der Waals surface area contributed by atoms with E-state index in [9.17, 15) is 5.11 Å². The molecule has 13 nitrogen and oxygen atoms in total. The Morgan fingerprint density at radius 1 is 0.640 bits per heavy atom. The van der Waals surface area contributed by atoms with Crippen LogP contribution in [0.5, 0.6) is 0 Å². The largest absolute Gasteiger partial charge is 0.378 e. The van der Waals surface area contributed by atoms with Crippen LogP contribution in [0.15, 0.2) is 0 Å². The highest BCUT2D eigenvalue weighted by atomic mass is 16.9. The fourth-order valence-electron chi connectivity index (χ4n) is 1.81. The molecule has 25 heavy (non-hydrogen) atoms. The minimum Gasteiger partial charge on any atom is -0.378 e. The van der Waals surface area contributed by atoms with Crippen molar-refractivity contribution in [2.24, 2.45) is 0 Å². The van der Waals surface area contributed by atoms with Crippen LogP contribution in [0, 0.1) is 0 Å². The molecular formula is C12H26N6O7. The van der Waals surface area contributed by atoms with Crippen molar-refractivity contribution in [1.29, 1.82) is 0 Å². The molecule has 1 heterocycles. The van der Waals surface area contributed by atoms with Crippen molar-refractivity contribution in [3.63, 3.8) is 0 Å². The quantitative estimate of drug-likeness (QED) is 0.375. The van der Waals surface area contributed by atoms with Crippen LogP contribution in [-0.2, 0) is 28.4 Å². The van der Waals surface area contributed by atoms with Gasteiger partial charge in [0.25, 0.3) is 0 Å². The summed E-state index contributed by atoms with van der Waals surface area (Å²) in [5.41, 5.74) is 15.4. The summed E-state index contributed by atoms with van der Waals surface area (Å²) in [6.07, 6.45) is -1.49. The predicted molar refractivity (Wildman–Crippen MR) is 86.6 cm³/mol. The number of anilines is 3. The molecule has 1 aromatic rings. The van der Waals surface area contributed by atoms with E-state index in [2.05, 4.69) is 15.0 Å². The molecule has 0 aromatic carbocycles. The molecule has 0 bridgehead atoms. The van der Waals surface area contributed by atoms with Crippen LogP contribution in [0.4, 0.5) is 17.8 Å². The zero-order valence-electron chi connectivity index (χ0n) is 15.0. The lowest BCUT2D eigenvalue weighted by atomic mass is 10.2. The van der Waals surface area contributed by atoms with E-state index in [1.165, 1.54) is 42.7 Å². The van der Waals surface area contributed by atoms with Crippen molar-refractivity contribution in [3.8, 4) is 0 Å². The van der Waals surface area contributed by atoms with E-state index < -0.39 is 18.1 Å². The Morgan fingerprint density at radius 3 is 1.00 bits per heavy atom. The second-order valence-corrected chi connectivity index (χ2v) is 4.24. The fourth-order valence-corrected chi connectivity index (χ4v) is 1.81. The third-order valence-electron chi connectivity index (χ3n) is 3.06.